The third kappa shape index (κ3) is 2.28. The van der Waals surface area contributed by atoms with Gasteiger partial charge in [-0.3, -0.25) is 0 Å². The minimum Gasteiger partial charge on any atom is -0.369 e. The molecule has 0 spiro atoms. The number of benzene rings is 1. The summed E-state index contributed by atoms with van der Waals surface area (Å²) in [6.07, 6.45) is 3.49. The molecule has 0 bridgehead atoms. The Bertz CT molecular complexity index is 623. The summed E-state index contributed by atoms with van der Waals surface area (Å²) in [7, 11) is 0. The number of hydrogen-bond donors (Lipinski definition) is 1. The molecular formula is C14H15N3. The van der Waals surface area contributed by atoms with Gasteiger partial charge in [0.15, 0.2) is 0 Å². The molecule has 3 heteroatoms. The fourth-order valence-corrected chi connectivity index (χ4v) is 1.71. The summed E-state index contributed by atoms with van der Waals surface area (Å²) in [6.45, 7) is 8.33. The maximum atomic E-state index is 5.88. The fourth-order valence-electron chi connectivity index (χ4n) is 1.71. The van der Waals surface area contributed by atoms with E-state index in [1.54, 1.807) is 12.2 Å². The van der Waals surface area contributed by atoms with E-state index >= 15 is 0 Å². The first kappa shape index (κ1) is 11.2. The van der Waals surface area contributed by atoms with E-state index in [-0.39, 0.29) is 0 Å². The molecule has 2 rings (SSSR count). The molecule has 1 aromatic heterocycles. The summed E-state index contributed by atoms with van der Waals surface area (Å²) in [5.74, 6) is 0.479. The number of hydrogen-bond acceptors (Lipinski definition) is 2. The van der Waals surface area contributed by atoms with E-state index in [1.807, 2.05) is 22.8 Å². The normalized spacial score (nSPS) is 11.6. The maximum absolute atomic E-state index is 5.88. The van der Waals surface area contributed by atoms with Crippen molar-refractivity contribution in [3.63, 3.8) is 0 Å². The second-order valence-corrected chi connectivity index (χ2v) is 3.78. The lowest BCUT2D eigenvalue weighted by molar-refractivity contribution is 0.787. The number of nitrogen functional groups attached to an aromatic ring is 1. The van der Waals surface area contributed by atoms with Crippen LogP contribution in [0.25, 0.3) is 12.7 Å². The lowest BCUT2D eigenvalue weighted by atomic mass is 10.2. The number of nitrogens with zero attached hydrogens (tertiary/aromatic N) is 2. The van der Waals surface area contributed by atoms with Crippen LogP contribution in [0.2, 0.25) is 0 Å². The monoisotopic (exact) mass is 225 g/mol. The van der Waals surface area contributed by atoms with Gasteiger partial charge in [0.05, 0.1) is 17.2 Å². The number of imidazole rings is 1. The molecule has 0 unspecified atom stereocenters. The number of aromatic nitrogens is 2. The Kier molecular flexibility index (Phi) is 3.10. The maximum Gasteiger partial charge on any atom is 0.201 e. The van der Waals surface area contributed by atoms with Gasteiger partial charge >= 0.3 is 0 Å². The van der Waals surface area contributed by atoms with E-state index < -0.39 is 0 Å². The van der Waals surface area contributed by atoms with Crippen molar-refractivity contribution in [3.8, 4) is 0 Å². The van der Waals surface area contributed by atoms with Gasteiger partial charge in [0.1, 0.15) is 0 Å². The van der Waals surface area contributed by atoms with Gasteiger partial charge in [-0.25, -0.2) is 4.98 Å². The van der Waals surface area contributed by atoms with Gasteiger partial charge in [-0.05, 0) is 11.6 Å². The molecule has 0 amide bonds. The van der Waals surface area contributed by atoms with E-state index in [4.69, 9.17) is 5.73 Å². The molecule has 86 valence electrons. The van der Waals surface area contributed by atoms with Crippen molar-refractivity contribution in [2.24, 2.45) is 0 Å². The molecule has 1 aromatic carbocycles. The summed E-state index contributed by atoms with van der Waals surface area (Å²) in [5, 5.41) is 1.58. The second kappa shape index (κ2) is 4.70. The van der Waals surface area contributed by atoms with Crippen molar-refractivity contribution in [2.75, 3.05) is 5.73 Å². The number of allylic oxidation sites excluding steroid dienone is 1. The zero-order chi connectivity index (χ0) is 12.3. The highest BCUT2D eigenvalue weighted by molar-refractivity contribution is 5.36. The fraction of sp³-hybridized carbons (Fsp3) is 0.0714. The minimum absolute atomic E-state index is 0.479. The Morgan fingerprint density at radius 1 is 1.29 bits per heavy atom. The molecule has 2 aromatic rings. The molecule has 0 saturated heterocycles. The Morgan fingerprint density at radius 3 is 2.65 bits per heavy atom. The van der Waals surface area contributed by atoms with Crippen LogP contribution in [-0.2, 0) is 6.54 Å². The van der Waals surface area contributed by atoms with Gasteiger partial charge in [-0.1, -0.05) is 49.6 Å². The Balaban J connectivity index is 2.44. The van der Waals surface area contributed by atoms with Crippen LogP contribution in [0.1, 0.15) is 5.56 Å². The minimum atomic E-state index is 0.479. The van der Waals surface area contributed by atoms with Gasteiger partial charge in [0, 0.05) is 0 Å². The van der Waals surface area contributed by atoms with Crippen LogP contribution >= 0.6 is 0 Å². The molecule has 0 atom stereocenters. The number of anilines is 1. The van der Waals surface area contributed by atoms with Crippen molar-refractivity contribution in [3.05, 3.63) is 59.2 Å². The third-order valence-electron chi connectivity index (χ3n) is 2.59. The number of nitrogens with two attached hydrogens (primary N) is 1. The van der Waals surface area contributed by atoms with Crippen LogP contribution in [0.3, 0.4) is 0 Å². The van der Waals surface area contributed by atoms with E-state index in [2.05, 4.69) is 30.3 Å². The lowest BCUT2D eigenvalue weighted by Gasteiger charge is -2.04. The van der Waals surface area contributed by atoms with E-state index in [0.717, 1.165) is 10.7 Å². The molecule has 3 nitrogen and oxygen atoms in total. The van der Waals surface area contributed by atoms with Gasteiger partial charge < -0.3 is 10.3 Å². The van der Waals surface area contributed by atoms with Crippen LogP contribution in [0, 0.1) is 0 Å². The van der Waals surface area contributed by atoms with Crippen LogP contribution in [-0.4, -0.2) is 9.55 Å². The highest BCUT2D eigenvalue weighted by Gasteiger charge is 2.03. The quantitative estimate of drug-likeness (QED) is 0.843. The summed E-state index contributed by atoms with van der Waals surface area (Å²) < 4.78 is 1.89. The summed E-state index contributed by atoms with van der Waals surface area (Å²) in [5.41, 5.74) is 7.05. The molecule has 0 aliphatic rings. The van der Waals surface area contributed by atoms with Crippen molar-refractivity contribution in [1.82, 2.24) is 9.55 Å². The first-order valence-electron chi connectivity index (χ1n) is 5.40. The largest absolute Gasteiger partial charge is 0.369 e. The first-order valence-corrected chi connectivity index (χ1v) is 5.40. The first-order chi connectivity index (χ1) is 8.22. The van der Waals surface area contributed by atoms with E-state index in [9.17, 15) is 0 Å². The van der Waals surface area contributed by atoms with Crippen LogP contribution < -0.4 is 16.4 Å². The highest BCUT2D eigenvalue weighted by Crippen LogP contribution is 2.02. The zero-order valence-electron chi connectivity index (χ0n) is 9.63. The molecule has 0 radical (unpaired) electrons. The molecule has 0 aliphatic heterocycles. The molecule has 17 heavy (non-hydrogen) atoms. The van der Waals surface area contributed by atoms with Crippen molar-refractivity contribution < 1.29 is 0 Å². The SMILES string of the molecule is C=C/C=c1/nc(N)n(Cc2ccccc2)c1=C. The van der Waals surface area contributed by atoms with Crippen molar-refractivity contribution in [2.45, 2.75) is 6.54 Å². The molecular weight excluding hydrogens is 210 g/mol. The molecule has 0 aliphatic carbocycles. The van der Waals surface area contributed by atoms with Gasteiger partial charge in [-0.15, -0.1) is 0 Å². The highest BCUT2D eigenvalue weighted by atomic mass is 15.1. The molecule has 1 heterocycles. The van der Waals surface area contributed by atoms with Gasteiger partial charge in [0.25, 0.3) is 0 Å². The van der Waals surface area contributed by atoms with Crippen LogP contribution in [0.5, 0.6) is 0 Å². The standard InChI is InChI=1S/C14H15N3/c1-3-7-13-11(2)17(14(15)16-13)10-12-8-5-4-6-9-12/h3-9H,1-2,10H2,(H2,15,16)/b13-7+. The zero-order valence-corrected chi connectivity index (χ0v) is 9.63. The summed E-state index contributed by atoms with van der Waals surface area (Å²) >= 11 is 0. The van der Waals surface area contributed by atoms with Gasteiger partial charge in [0.2, 0.25) is 5.95 Å². The predicted octanol–water partition coefficient (Wildman–Crippen LogP) is 0.890. The topological polar surface area (TPSA) is 43.8 Å². The van der Waals surface area contributed by atoms with Crippen molar-refractivity contribution >= 4 is 18.6 Å². The Labute approximate surface area is 100 Å². The number of rotatable bonds is 3. The average molecular weight is 225 g/mol. The van der Waals surface area contributed by atoms with Crippen molar-refractivity contribution in [1.29, 1.82) is 0 Å². The van der Waals surface area contributed by atoms with Gasteiger partial charge in [-0.2, -0.15) is 0 Å². The second-order valence-electron chi connectivity index (χ2n) is 3.78. The van der Waals surface area contributed by atoms with E-state index in [1.165, 1.54) is 5.56 Å². The van der Waals surface area contributed by atoms with Crippen LogP contribution in [0.4, 0.5) is 5.95 Å². The molecule has 0 fully saturated rings. The third-order valence-corrected chi connectivity index (χ3v) is 2.59. The van der Waals surface area contributed by atoms with Crippen LogP contribution in [0.15, 0.2) is 43.0 Å². The average Bonchev–Trinajstić information content (AvgIpc) is 2.59. The molecule has 2 N–H and O–H groups in total. The lowest BCUT2D eigenvalue weighted by Crippen LogP contribution is -2.28. The summed E-state index contributed by atoms with van der Waals surface area (Å²) in [6, 6.07) is 10.1. The Hall–Kier alpha value is -2.29. The smallest absolute Gasteiger partial charge is 0.201 e. The van der Waals surface area contributed by atoms with E-state index in [0.29, 0.717) is 12.5 Å². The predicted molar refractivity (Wildman–Crippen MR) is 71.6 cm³/mol. The summed E-state index contributed by atoms with van der Waals surface area (Å²) in [4.78, 5) is 4.25. The molecule has 0 saturated carbocycles. The Morgan fingerprint density at radius 2 is 2.00 bits per heavy atom.